The second-order valence-electron chi connectivity index (χ2n) is 4.62. The topological polar surface area (TPSA) is 56.7 Å². The third-order valence-corrected chi connectivity index (χ3v) is 3.13. The Balaban J connectivity index is 1.91. The summed E-state index contributed by atoms with van der Waals surface area (Å²) in [6.45, 7) is 2.93. The molecule has 0 amide bonds. The van der Waals surface area contributed by atoms with Crippen LogP contribution >= 0.6 is 0 Å². The molecule has 1 aliphatic carbocycles. The number of aromatic nitrogens is 3. The molecule has 1 saturated carbocycles. The Hall–Kier alpha value is -0.900. The van der Waals surface area contributed by atoms with E-state index in [2.05, 4.69) is 10.1 Å². The largest absolute Gasteiger partial charge is 0.321 e. The summed E-state index contributed by atoms with van der Waals surface area (Å²) in [5, 5.41) is 4.38. The fourth-order valence-electron chi connectivity index (χ4n) is 2.24. The average molecular weight is 208 g/mol. The predicted octanol–water partition coefficient (Wildman–Crippen LogP) is 1.88. The molecule has 4 heteroatoms. The van der Waals surface area contributed by atoms with Crippen LogP contribution in [0.4, 0.5) is 0 Å². The molecular weight excluding hydrogens is 188 g/mol. The molecule has 0 saturated heterocycles. The molecule has 1 aromatic rings. The molecular formula is C11H20N4. The van der Waals surface area contributed by atoms with Gasteiger partial charge in [0.15, 0.2) is 5.82 Å². The maximum absolute atomic E-state index is 5.72. The van der Waals surface area contributed by atoms with Crippen LogP contribution in [0.1, 0.15) is 50.9 Å². The van der Waals surface area contributed by atoms with Crippen LogP contribution in [0.15, 0.2) is 6.33 Å². The number of hydrogen-bond acceptors (Lipinski definition) is 3. The summed E-state index contributed by atoms with van der Waals surface area (Å²) in [4.78, 5) is 4.21. The highest BCUT2D eigenvalue weighted by Gasteiger charge is 2.15. The second kappa shape index (κ2) is 4.75. The van der Waals surface area contributed by atoms with Crippen molar-refractivity contribution in [3.63, 3.8) is 0 Å². The van der Waals surface area contributed by atoms with Crippen LogP contribution in [0.2, 0.25) is 0 Å². The maximum Gasteiger partial charge on any atom is 0.166 e. The van der Waals surface area contributed by atoms with Gasteiger partial charge >= 0.3 is 0 Å². The van der Waals surface area contributed by atoms with Gasteiger partial charge in [-0.15, -0.1) is 0 Å². The zero-order valence-electron chi connectivity index (χ0n) is 9.39. The van der Waals surface area contributed by atoms with Gasteiger partial charge in [0.2, 0.25) is 0 Å². The Morgan fingerprint density at radius 3 is 2.80 bits per heavy atom. The van der Waals surface area contributed by atoms with Gasteiger partial charge in [-0.3, -0.25) is 4.68 Å². The van der Waals surface area contributed by atoms with E-state index in [0.717, 1.165) is 18.3 Å². The van der Waals surface area contributed by atoms with Gasteiger partial charge in [-0.05, 0) is 25.7 Å². The van der Waals surface area contributed by atoms with Crippen LogP contribution in [0.25, 0.3) is 0 Å². The highest BCUT2D eigenvalue weighted by Crippen LogP contribution is 2.24. The molecule has 1 aliphatic rings. The van der Waals surface area contributed by atoms with E-state index in [1.807, 2.05) is 17.9 Å². The van der Waals surface area contributed by atoms with Crippen molar-refractivity contribution in [2.45, 2.75) is 51.6 Å². The summed E-state index contributed by atoms with van der Waals surface area (Å²) < 4.78 is 1.95. The van der Waals surface area contributed by atoms with Crippen molar-refractivity contribution in [1.82, 2.24) is 14.8 Å². The first kappa shape index (κ1) is 10.6. The van der Waals surface area contributed by atoms with Gasteiger partial charge in [0.1, 0.15) is 6.33 Å². The lowest BCUT2D eigenvalue weighted by Crippen LogP contribution is -2.15. The Bertz CT molecular complexity index is 299. The minimum absolute atomic E-state index is 0.0578. The lowest BCUT2D eigenvalue weighted by Gasteiger charge is -2.20. The summed E-state index contributed by atoms with van der Waals surface area (Å²) in [7, 11) is 0. The van der Waals surface area contributed by atoms with Crippen molar-refractivity contribution in [2.75, 3.05) is 0 Å². The quantitative estimate of drug-likeness (QED) is 0.825. The molecule has 1 unspecified atom stereocenters. The van der Waals surface area contributed by atoms with E-state index in [0.29, 0.717) is 0 Å². The predicted molar refractivity (Wildman–Crippen MR) is 59.2 cm³/mol. The first-order valence-electron chi connectivity index (χ1n) is 5.90. The van der Waals surface area contributed by atoms with Crippen molar-refractivity contribution < 1.29 is 0 Å². The Labute approximate surface area is 90.9 Å². The average Bonchev–Trinajstić information content (AvgIpc) is 2.68. The molecule has 0 aromatic carbocycles. The minimum Gasteiger partial charge on any atom is -0.321 e. The highest BCUT2D eigenvalue weighted by molar-refractivity contribution is 4.87. The molecule has 1 aromatic heterocycles. The molecule has 4 nitrogen and oxygen atoms in total. The molecule has 0 bridgehead atoms. The van der Waals surface area contributed by atoms with E-state index in [9.17, 15) is 0 Å². The second-order valence-corrected chi connectivity index (χ2v) is 4.62. The number of rotatable bonds is 3. The zero-order chi connectivity index (χ0) is 10.7. The third kappa shape index (κ3) is 2.78. The standard InChI is InChI=1S/C11H20N4/c1-9(12)11-13-8-15(14-11)7-10-5-3-2-4-6-10/h8-10H,2-7,12H2,1H3. The van der Waals surface area contributed by atoms with Gasteiger partial charge in [0.25, 0.3) is 0 Å². The maximum atomic E-state index is 5.72. The van der Waals surface area contributed by atoms with Gasteiger partial charge in [-0.1, -0.05) is 19.3 Å². The minimum atomic E-state index is -0.0578. The van der Waals surface area contributed by atoms with E-state index < -0.39 is 0 Å². The van der Waals surface area contributed by atoms with Gasteiger partial charge in [-0.2, -0.15) is 5.10 Å². The Morgan fingerprint density at radius 1 is 1.47 bits per heavy atom. The van der Waals surface area contributed by atoms with Crippen molar-refractivity contribution >= 4 is 0 Å². The molecule has 0 radical (unpaired) electrons. The van der Waals surface area contributed by atoms with E-state index in [1.54, 1.807) is 0 Å². The van der Waals surface area contributed by atoms with Crippen LogP contribution in [-0.4, -0.2) is 14.8 Å². The molecule has 0 spiro atoms. The fraction of sp³-hybridized carbons (Fsp3) is 0.818. The van der Waals surface area contributed by atoms with Crippen LogP contribution in [0.3, 0.4) is 0 Å². The number of nitrogens with two attached hydrogens (primary N) is 1. The molecule has 1 heterocycles. The van der Waals surface area contributed by atoms with E-state index in [4.69, 9.17) is 5.73 Å². The summed E-state index contributed by atoms with van der Waals surface area (Å²) in [5.74, 6) is 1.55. The molecule has 1 atom stereocenters. The summed E-state index contributed by atoms with van der Waals surface area (Å²) in [6.07, 6.45) is 8.64. The van der Waals surface area contributed by atoms with Crippen LogP contribution in [0, 0.1) is 5.92 Å². The molecule has 84 valence electrons. The van der Waals surface area contributed by atoms with E-state index in [-0.39, 0.29) is 6.04 Å². The summed E-state index contributed by atoms with van der Waals surface area (Å²) in [5.41, 5.74) is 5.72. The number of nitrogens with zero attached hydrogens (tertiary/aromatic N) is 3. The molecule has 2 rings (SSSR count). The van der Waals surface area contributed by atoms with Crippen molar-refractivity contribution in [1.29, 1.82) is 0 Å². The highest BCUT2D eigenvalue weighted by atomic mass is 15.3. The third-order valence-electron chi connectivity index (χ3n) is 3.13. The normalized spacial score (nSPS) is 20.4. The van der Waals surface area contributed by atoms with Gasteiger partial charge in [-0.25, -0.2) is 4.98 Å². The lowest BCUT2D eigenvalue weighted by atomic mass is 9.89. The van der Waals surface area contributed by atoms with Gasteiger partial charge in [0, 0.05) is 6.54 Å². The smallest absolute Gasteiger partial charge is 0.166 e. The lowest BCUT2D eigenvalue weighted by molar-refractivity contribution is 0.307. The zero-order valence-corrected chi connectivity index (χ0v) is 9.39. The van der Waals surface area contributed by atoms with Gasteiger partial charge in [0.05, 0.1) is 6.04 Å². The van der Waals surface area contributed by atoms with E-state index in [1.165, 1.54) is 32.1 Å². The van der Waals surface area contributed by atoms with Crippen molar-refractivity contribution in [2.24, 2.45) is 11.7 Å². The fourth-order valence-corrected chi connectivity index (χ4v) is 2.24. The van der Waals surface area contributed by atoms with Crippen LogP contribution < -0.4 is 5.73 Å². The van der Waals surface area contributed by atoms with Gasteiger partial charge < -0.3 is 5.73 Å². The van der Waals surface area contributed by atoms with Crippen LogP contribution in [-0.2, 0) is 6.54 Å². The molecule has 15 heavy (non-hydrogen) atoms. The van der Waals surface area contributed by atoms with Crippen molar-refractivity contribution in [3.05, 3.63) is 12.2 Å². The summed E-state index contributed by atoms with van der Waals surface area (Å²) in [6, 6.07) is -0.0578. The Kier molecular flexibility index (Phi) is 3.36. The monoisotopic (exact) mass is 208 g/mol. The first-order valence-corrected chi connectivity index (χ1v) is 5.90. The number of hydrogen-bond donors (Lipinski definition) is 1. The van der Waals surface area contributed by atoms with Crippen molar-refractivity contribution in [3.8, 4) is 0 Å². The molecule has 1 fully saturated rings. The molecule has 0 aliphatic heterocycles. The SMILES string of the molecule is CC(N)c1ncn(CC2CCCCC2)n1. The molecule has 2 N–H and O–H groups in total. The summed E-state index contributed by atoms with van der Waals surface area (Å²) >= 11 is 0. The Morgan fingerprint density at radius 2 is 2.20 bits per heavy atom. The van der Waals surface area contributed by atoms with E-state index >= 15 is 0 Å². The van der Waals surface area contributed by atoms with Crippen LogP contribution in [0.5, 0.6) is 0 Å². The first-order chi connectivity index (χ1) is 7.25.